The highest BCUT2D eigenvalue weighted by atomic mass is 15.2. The Balaban J connectivity index is 2.72. The molecule has 3 heteroatoms. The molecule has 0 saturated carbocycles. The number of nitriles is 1. The summed E-state index contributed by atoms with van der Waals surface area (Å²) in [4.78, 5) is 2.22. The molecule has 0 aliphatic carbocycles. The van der Waals surface area contributed by atoms with Crippen LogP contribution >= 0.6 is 0 Å². The lowest BCUT2D eigenvalue weighted by molar-refractivity contribution is 0.523. The molecule has 0 radical (unpaired) electrons. The second kappa shape index (κ2) is 7.03. The van der Waals surface area contributed by atoms with Gasteiger partial charge < -0.3 is 4.90 Å². The third-order valence-corrected chi connectivity index (χ3v) is 2.87. The standard InChI is InChI=1S/C15H23N3/c1-5-18(11-14(10-16)17-12(2)3)15-8-6-13(4)7-9-15/h6-9,12,14,17H,5,11H2,1-4H3. The maximum absolute atomic E-state index is 9.17. The van der Waals surface area contributed by atoms with E-state index < -0.39 is 0 Å². The van der Waals surface area contributed by atoms with Crippen molar-refractivity contribution in [3.05, 3.63) is 29.8 Å². The van der Waals surface area contributed by atoms with Crippen LogP contribution in [-0.4, -0.2) is 25.2 Å². The van der Waals surface area contributed by atoms with Crippen LogP contribution < -0.4 is 10.2 Å². The number of rotatable bonds is 6. The van der Waals surface area contributed by atoms with Gasteiger partial charge in [-0.15, -0.1) is 0 Å². The molecule has 0 amide bonds. The molecule has 0 bridgehead atoms. The molecular weight excluding hydrogens is 222 g/mol. The first kappa shape index (κ1) is 14.5. The van der Waals surface area contributed by atoms with E-state index in [9.17, 15) is 5.26 Å². The summed E-state index contributed by atoms with van der Waals surface area (Å²) >= 11 is 0. The molecule has 0 aliphatic rings. The van der Waals surface area contributed by atoms with Gasteiger partial charge in [0.25, 0.3) is 0 Å². The van der Waals surface area contributed by atoms with Crippen LogP contribution in [0, 0.1) is 18.3 Å². The van der Waals surface area contributed by atoms with E-state index in [1.807, 2.05) is 0 Å². The zero-order valence-corrected chi connectivity index (χ0v) is 11.8. The molecule has 0 spiro atoms. The van der Waals surface area contributed by atoms with Gasteiger partial charge in [0.15, 0.2) is 0 Å². The van der Waals surface area contributed by atoms with Crippen LogP contribution in [0.2, 0.25) is 0 Å². The number of likely N-dealkylation sites (N-methyl/N-ethyl adjacent to an activating group) is 1. The minimum absolute atomic E-state index is 0.133. The molecule has 1 atom stereocenters. The molecule has 98 valence electrons. The monoisotopic (exact) mass is 245 g/mol. The number of anilines is 1. The van der Waals surface area contributed by atoms with E-state index in [4.69, 9.17) is 0 Å². The summed E-state index contributed by atoms with van der Waals surface area (Å²) < 4.78 is 0. The first-order valence-electron chi connectivity index (χ1n) is 6.54. The van der Waals surface area contributed by atoms with Crippen molar-refractivity contribution in [1.82, 2.24) is 5.32 Å². The zero-order chi connectivity index (χ0) is 13.5. The predicted octanol–water partition coefficient (Wildman–Crippen LogP) is 2.71. The smallest absolute Gasteiger partial charge is 0.113 e. The van der Waals surface area contributed by atoms with Gasteiger partial charge in [-0.3, -0.25) is 5.32 Å². The molecular formula is C15H23N3. The number of hydrogen-bond donors (Lipinski definition) is 1. The van der Waals surface area contributed by atoms with E-state index in [2.05, 4.69) is 68.2 Å². The van der Waals surface area contributed by atoms with Crippen LogP contribution in [0.3, 0.4) is 0 Å². The van der Waals surface area contributed by atoms with Crippen LogP contribution in [0.1, 0.15) is 26.3 Å². The molecule has 1 aromatic carbocycles. The largest absolute Gasteiger partial charge is 0.369 e. The quantitative estimate of drug-likeness (QED) is 0.837. The van der Waals surface area contributed by atoms with E-state index in [-0.39, 0.29) is 6.04 Å². The molecule has 1 unspecified atom stereocenters. The van der Waals surface area contributed by atoms with Gasteiger partial charge in [0, 0.05) is 24.8 Å². The highest BCUT2D eigenvalue weighted by Crippen LogP contribution is 2.15. The van der Waals surface area contributed by atoms with Crippen LogP contribution in [-0.2, 0) is 0 Å². The van der Waals surface area contributed by atoms with Crippen molar-refractivity contribution >= 4 is 5.69 Å². The first-order chi connectivity index (χ1) is 8.56. The van der Waals surface area contributed by atoms with Crippen LogP contribution in [0.5, 0.6) is 0 Å². The molecule has 1 N–H and O–H groups in total. The summed E-state index contributed by atoms with van der Waals surface area (Å²) in [5.74, 6) is 0. The average Bonchev–Trinajstić information content (AvgIpc) is 2.35. The number of nitrogens with zero attached hydrogens (tertiary/aromatic N) is 2. The highest BCUT2D eigenvalue weighted by Gasteiger charge is 2.13. The lowest BCUT2D eigenvalue weighted by Gasteiger charge is -2.27. The van der Waals surface area contributed by atoms with Gasteiger partial charge in [-0.2, -0.15) is 5.26 Å². The molecule has 1 rings (SSSR count). The number of nitrogens with one attached hydrogen (secondary N) is 1. The summed E-state index contributed by atoms with van der Waals surface area (Å²) in [6, 6.07) is 11.0. The Morgan fingerprint density at radius 3 is 2.33 bits per heavy atom. The Bertz CT molecular complexity index is 389. The van der Waals surface area contributed by atoms with E-state index in [1.165, 1.54) is 11.3 Å². The van der Waals surface area contributed by atoms with Gasteiger partial charge in [-0.25, -0.2) is 0 Å². The summed E-state index contributed by atoms with van der Waals surface area (Å²) in [5, 5.41) is 12.4. The number of hydrogen-bond acceptors (Lipinski definition) is 3. The zero-order valence-electron chi connectivity index (χ0n) is 11.8. The second-order valence-electron chi connectivity index (χ2n) is 4.88. The van der Waals surface area contributed by atoms with E-state index in [0.29, 0.717) is 12.6 Å². The fraction of sp³-hybridized carbons (Fsp3) is 0.533. The Kier molecular flexibility index (Phi) is 5.67. The van der Waals surface area contributed by atoms with Crippen LogP contribution in [0.15, 0.2) is 24.3 Å². The van der Waals surface area contributed by atoms with Gasteiger partial charge in [0.2, 0.25) is 0 Å². The normalized spacial score (nSPS) is 12.2. The number of aryl methyl sites for hydroxylation is 1. The fourth-order valence-electron chi connectivity index (χ4n) is 1.93. The Hall–Kier alpha value is -1.53. The highest BCUT2D eigenvalue weighted by molar-refractivity contribution is 5.47. The van der Waals surface area contributed by atoms with E-state index in [0.717, 1.165) is 6.54 Å². The maximum atomic E-state index is 9.17. The molecule has 0 saturated heterocycles. The van der Waals surface area contributed by atoms with Crippen molar-refractivity contribution in [1.29, 1.82) is 5.26 Å². The van der Waals surface area contributed by atoms with Crippen molar-refractivity contribution in [3.8, 4) is 6.07 Å². The maximum Gasteiger partial charge on any atom is 0.113 e. The average molecular weight is 245 g/mol. The van der Waals surface area contributed by atoms with E-state index in [1.54, 1.807) is 0 Å². The summed E-state index contributed by atoms with van der Waals surface area (Å²) in [5.41, 5.74) is 2.43. The third-order valence-electron chi connectivity index (χ3n) is 2.87. The van der Waals surface area contributed by atoms with Gasteiger partial charge in [-0.1, -0.05) is 17.7 Å². The van der Waals surface area contributed by atoms with E-state index >= 15 is 0 Å². The Labute approximate surface area is 110 Å². The molecule has 3 nitrogen and oxygen atoms in total. The van der Waals surface area contributed by atoms with Crippen LogP contribution in [0.25, 0.3) is 0 Å². The van der Waals surface area contributed by atoms with Gasteiger partial charge in [-0.05, 0) is 39.8 Å². The SMILES string of the molecule is CCN(CC(C#N)NC(C)C)c1ccc(C)cc1. The molecule has 0 aliphatic heterocycles. The van der Waals surface area contributed by atoms with Gasteiger partial charge in [0.1, 0.15) is 6.04 Å². The fourth-order valence-corrected chi connectivity index (χ4v) is 1.93. The Morgan fingerprint density at radius 2 is 1.89 bits per heavy atom. The van der Waals surface area contributed by atoms with Gasteiger partial charge >= 0.3 is 0 Å². The van der Waals surface area contributed by atoms with Crippen molar-refractivity contribution in [2.45, 2.75) is 39.8 Å². The van der Waals surface area contributed by atoms with Gasteiger partial charge in [0.05, 0.1) is 6.07 Å². The molecule has 0 aromatic heterocycles. The van der Waals surface area contributed by atoms with Crippen molar-refractivity contribution < 1.29 is 0 Å². The molecule has 0 fully saturated rings. The second-order valence-corrected chi connectivity index (χ2v) is 4.88. The topological polar surface area (TPSA) is 39.1 Å². The lowest BCUT2D eigenvalue weighted by atomic mass is 10.2. The minimum Gasteiger partial charge on any atom is -0.369 e. The van der Waals surface area contributed by atoms with Crippen molar-refractivity contribution in [2.24, 2.45) is 0 Å². The van der Waals surface area contributed by atoms with Crippen LogP contribution in [0.4, 0.5) is 5.69 Å². The predicted molar refractivity (Wildman–Crippen MR) is 76.7 cm³/mol. The minimum atomic E-state index is -0.133. The lowest BCUT2D eigenvalue weighted by Crippen LogP contribution is -2.43. The molecule has 18 heavy (non-hydrogen) atoms. The Morgan fingerprint density at radius 1 is 1.28 bits per heavy atom. The summed E-state index contributed by atoms with van der Waals surface area (Å²) in [6.45, 7) is 9.94. The molecule has 0 heterocycles. The van der Waals surface area contributed by atoms with Crippen molar-refractivity contribution in [2.75, 3.05) is 18.0 Å². The summed E-state index contributed by atoms with van der Waals surface area (Å²) in [6.07, 6.45) is 0. The first-order valence-corrected chi connectivity index (χ1v) is 6.54. The number of benzene rings is 1. The molecule has 1 aromatic rings. The summed E-state index contributed by atoms with van der Waals surface area (Å²) in [7, 11) is 0. The van der Waals surface area contributed by atoms with Crippen molar-refractivity contribution in [3.63, 3.8) is 0 Å². The third kappa shape index (κ3) is 4.38.